The average molecular weight is 1100 g/mol. The Hall–Kier alpha value is -5.78. The fourth-order valence-electron chi connectivity index (χ4n) is 8.55. The van der Waals surface area contributed by atoms with Crippen LogP contribution in [0.1, 0.15) is 187 Å². The molecule has 0 fully saturated rings. The SMILES string of the molecule is CCCOc1cc(C#Cc2cc(OCCC)c(C#Cc3cc(OCCC)c(C#Cc4cc(OCCC)c(C#C[Si](C(C)C)(C(C)C)C(C)C)cc4OCCC)cc3OCCC)cc2OCCC)c(OCCC)cc1Br. The lowest BCUT2D eigenvalue weighted by atomic mass is 10.0. The van der Waals surface area contributed by atoms with Crippen molar-refractivity contribution in [3.63, 3.8) is 0 Å². The smallest absolute Gasteiger partial charge is 0.146 e. The van der Waals surface area contributed by atoms with Gasteiger partial charge in [-0.15, -0.1) is 5.54 Å². The molecule has 75 heavy (non-hydrogen) atoms. The first-order chi connectivity index (χ1) is 36.2. The molecular weight excluding hydrogens is 1020 g/mol. The third-order valence-corrected chi connectivity index (χ3v) is 19.2. The van der Waals surface area contributed by atoms with Gasteiger partial charge in [-0.3, -0.25) is 0 Å². The van der Waals surface area contributed by atoms with Crippen LogP contribution in [-0.2, 0) is 0 Å². The molecule has 10 heteroatoms. The molecule has 0 amide bonds. The molecule has 0 heterocycles. The van der Waals surface area contributed by atoms with Gasteiger partial charge in [-0.25, -0.2) is 0 Å². The molecule has 0 saturated carbocycles. The summed E-state index contributed by atoms with van der Waals surface area (Å²) in [5, 5.41) is 0. The molecule has 0 bridgehead atoms. The third-order valence-electron chi connectivity index (χ3n) is 12.2. The van der Waals surface area contributed by atoms with E-state index in [0.717, 1.165) is 61.4 Å². The standard InChI is InChI=1S/C65H85BrO8Si/c1-15-30-67-58-40-52(25-26-54-43-63(72-35-20-6)56(44-62(54)71-34-19-5)29-38-75(47(9)10,48(11)12)49(13)14)59(68-31-16-2)39-50(58)23-24-51-41-61(70-33-18-4)53(42-60(51)69-32-17-3)27-28-55-45-65(74-37-22-8)57(66)46-64(55)73-36-21-7/h39-49H,15-22,30-37H2,1-14H3. The lowest BCUT2D eigenvalue weighted by Gasteiger charge is -2.38. The zero-order valence-corrected chi connectivity index (χ0v) is 50.4. The number of hydrogen-bond acceptors (Lipinski definition) is 8. The molecule has 0 aliphatic rings. The number of ether oxygens (including phenoxy) is 8. The van der Waals surface area contributed by atoms with Crippen molar-refractivity contribution in [3.05, 3.63) is 91.9 Å². The van der Waals surface area contributed by atoms with E-state index in [1.165, 1.54) is 0 Å². The molecule has 8 nitrogen and oxygen atoms in total. The van der Waals surface area contributed by atoms with Crippen molar-refractivity contribution in [3.8, 4) is 93.0 Å². The van der Waals surface area contributed by atoms with Crippen LogP contribution in [0.5, 0.6) is 46.0 Å². The van der Waals surface area contributed by atoms with Crippen molar-refractivity contribution in [1.29, 1.82) is 0 Å². The van der Waals surface area contributed by atoms with Gasteiger partial charge in [0.2, 0.25) is 0 Å². The van der Waals surface area contributed by atoms with Gasteiger partial charge in [-0.1, -0.05) is 138 Å². The Labute approximate surface area is 462 Å². The maximum absolute atomic E-state index is 6.45. The summed E-state index contributed by atoms with van der Waals surface area (Å²) in [6.07, 6.45) is 6.69. The quantitative estimate of drug-likeness (QED) is 0.0432. The fourth-order valence-corrected chi connectivity index (χ4v) is 14.2. The summed E-state index contributed by atoms with van der Waals surface area (Å²) in [4.78, 5) is 0. The monoisotopic (exact) mass is 1100 g/mol. The van der Waals surface area contributed by atoms with Crippen LogP contribution < -0.4 is 37.9 Å². The van der Waals surface area contributed by atoms with Crippen LogP contribution in [0.25, 0.3) is 0 Å². The Morgan fingerprint density at radius 2 is 0.493 bits per heavy atom. The highest BCUT2D eigenvalue weighted by molar-refractivity contribution is 9.10. The zero-order valence-electron chi connectivity index (χ0n) is 47.8. The summed E-state index contributed by atoms with van der Waals surface area (Å²) < 4.78 is 51.5. The summed E-state index contributed by atoms with van der Waals surface area (Å²) in [7, 11) is -2.03. The number of benzene rings is 4. The molecule has 0 saturated heterocycles. The third kappa shape index (κ3) is 17.9. The topological polar surface area (TPSA) is 73.8 Å². The summed E-state index contributed by atoms with van der Waals surface area (Å²) in [6, 6.07) is 15.6. The first-order valence-corrected chi connectivity index (χ1v) is 30.8. The van der Waals surface area contributed by atoms with Crippen molar-refractivity contribution in [1.82, 2.24) is 0 Å². The maximum Gasteiger partial charge on any atom is 0.146 e. The molecule has 0 unspecified atom stereocenters. The summed E-state index contributed by atoms with van der Waals surface area (Å²) >= 11 is 3.67. The first-order valence-electron chi connectivity index (χ1n) is 27.7. The molecule has 0 aromatic heterocycles. The van der Waals surface area contributed by atoms with Crippen molar-refractivity contribution >= 4 is 24.0 Å². The molecule has 0 radical (unpaired) electrons. The zero-order chi connectivity index (χ0) is 54.8. The summed E-state index contributed by atoms with van der Waals surface area (Å²) in [6.45, 7) is 34.9. The van der Waals surface area contributed by atoms with Gasteiger partial charge in [0.1, 0.15) is 54.1 Å². The number of hydrogen-bond donors (Lipinski definition) is 0. The summed E-state index contributed by atoms with van der Waals surface area (Å²) in [5.41, 5.74) is 10.3. The average Bonchev–Trinajstić information content (AvgIpc) is 3.39. The molecule has 0 N–H and O–H groups in total. The van der Waals surface area contributed by atoms with Crippen LogP contribution in [0.15, 0.2) is 53.0 Å². The molecule has 0 atom stereocenters. The van der Waals surface area contributed by atoms with Gasteiger partial charge in [-0.05, 0) is 90.0 Å². The Morgan fingerprint density at radius 1 is 0.307 bits per heavy atom. The van der Waals surface area contributed by atoms with Gasteiger partial charge < -0.3 is 37.9 Å². The minimum atomic E-state index is -2.03. The Morgan fingerprint density at radius 3 is 0.707 bits per heavy atom. The lowest BCUT2D eigenvalue weighted by Crippen LogP contribution is -2.43. The lowest BCUT2D eigenvalue weighted by molar-refractivity contribution is 0.306. The molecule has 4 aromatic carbocycles. The minimum absolute atomic E-state index is 0.490. The second-order valence-electron chi connectivity index (χ2n) is 19.5. The van der Waals surface area contributed by atoms with Crippen molar-refractivity contribution in [2.24, 2.45) is 0 Å². The van der Waals surface area contributed by atoms with E-state index in [1.807, 2.05) is 48.5 Å². The highest BCUT2D eigenvalue weighted by Gasteiger charge is 2.41. The van der Waals surface area contributed by atoms with Crippen LogP contribution in [0, 0.1) is 47.0 Å². The van der Waals surface area contributed by atoms with Crippen LogP contribution in [0.3, 0.4) is 0 Å². The van der Waals surface area contributed by atoms with Crippen molar-refractivity contribution < 1.29 is 37.9 Å². The van der Waals surface area contributed by atoms with E-state index in [-0.39, 0.29) is 0 Å². The van der Waals surface area contributed by atoms with Crippen LogP contribution in [0.2, 0.25) is 16.6 Å². The van der Waals surface area contributed by atoms with Crippen LogP contribution in [0.4, 0.5) is 0 Å². The van der Waals surface area contributed by atoms with Gasteiger partial charge in [0.05, 0.1) is 96.3 Å². The highest BCUT2D eigenvalue weighted by Crippen LogP contribution is 2.42. The van der Waals surface area contributed by atoms with E-state index < -0.39 is 8.07 Å². The van der Waals surface area contributed by atoms with Crippen molar-refractivity contribution in [2.75, 3.05) is 52.9 Å². The molecule has 4 aromatic rings. The normalized spacial score (nSPS) is 10.9. The highest BCUT2D eigenvalue weighted by atomic mass is 79.9. The summed E-state index contributed by atoms with van der Waals surface area (Å²) in [5.74, 6) is 29.4. The first kappa shape index (κ1) is 61.8. The second-order valence-corrected chi connectivity index (χ2v) is 25.9. The van der Waals surface area contributed by atoms with Gasteiger partial charge in [0.25, 0.3) is 0 Å². The fraction of sp³-hybridized carbons (Fsp3) is 0.508. The van der Waals surface area contributed by atoms with Crippen molar-refractivity contribution in [2.45, 2.75) is 165 Å². The van der Waals surface area contributed by atoms with Gasteiger partial charge in [0.15, 0.2) is 0 Å². The molecule has 0 aliphatic heterocycles. The predicted octanol–water partition coefficient (Wildman–Crippen LogP) is 16.5. The van der Waals surface area contributed by atoms with E-state index in [9.17, 15) is 0 Å². The van der Waals surface area contributed by atoms with Crippen LogP contribution >= 0.6 is 15.9 Å². The molecule has 404 valence electrons. The Bertz CT molecular complexity index is 2690. The van der Waals surface area contributed by atoms with E-state index in [1.54, 1.807) is 0 Å². The van der Waals surface area contributed by atoms with Gasteiger partial charge in [-0.2, -0.15) is 0 Å². The molecule has 0 aliphatic carbocycles. The minimum Gasteiger partial charge on any atom is -0.492 e. The van der Waals surface area contributed by atoms with E-state index in [2.05, 4.69) is 160 Å². The Kier molecular flexibility index (Phi) is 26.9. The number of halogens is 1. The largest absolute Gasteiger partial charge is 0.492 e. The molecule has 0 spiro atoms. The van der Waals surface area contributed by atoms with Gasteiger partial charge >= 0.3 is 0 Å². The van der Waals surface area contributed by atoms with Crippen LogP contribution in [-0.4, -0.2) is 60.9 Å². The van der Waals surface area contributed by atoms with E-state index in [4.69, 9.17) is 37.9 Å². The van der Waals surface area contributed by atoms with Gasteiger partial charge in [0, 0.05) is 42.5 Å². The molecule has 4 rings (SSSR count). The Balaban J connectivity index is 1.94. The van der Waals surface area contributed by atoms with E-state index >= 15 is 0 Å². The van der Waals surface area contributed by atoms with E-state index in [0.29, 0.717) is 149 Å². The second kappa shape index (κ2) is 32.6. The predicted molar refractivity (Wildman–Crippen MR) is 316 cm³/mol. The molecular formula is C65H85BrO8Si. The maximum atomic E-state index is 6.45. The number of rotatable bonds is 27.